The maximum Gasteiger partial charge on any atom is 0.231 e. The molecule has 1 amide bonds. The Hall–Kier alpha value is -1.65. The lowest BCUT2D eigenvalue weighted by molar-refractivity contribution is -0.120. The van der Waals surface area contributed by atoms with E-state index in [0.717, 1.165) is 31.9 Å². The van der Waals surface area contributed by atoms with E-state index in [1.807, 2.05) is 35.2 Å². The van der Waals surface area contributed by atoms with E-state index in [4.69, 9.17) is 0 Å². The summed E-state index contributed by atoms with van der Waals surface area (Å²) in [4.78, 5) is 18.4. The van der Waals surface area contributed by atoms with Crippen LogP contribution in [0.4, 0.5) is 5.69 Å². The topological polar surface area (TPSA) is 23.6 Å². The van der Waals surface area contributed by atoms with E-state index in [1.165, 1.54) is 4.88 Å². The zero-order valence-corrected chi connectivity index (χ0v) is 12.6. The van der Waals surface area contributed by atoms with E-state index in [2.05, 4.69) is 22.4 Å². The predicted octanol–water partition coefficient (Wildman–Crippen LogP) is 2.84. The highest BCUT2D eigenvalue weighted by molar-refractivity contribution is 7.09. The Morgan fingerprint density at radius 2 is 1.90 bits per heavy atom. The number of likely N-dealkylation sites (tertiary alicyclic amines) is 1. The van der Waals surface area contributed by atoms with Crippen molar-refractivity contribution >= 4 is 22.9 Å². The molecule has 2 aromatic rings. The first-order valence-electron chi connectivity index (χ1n) is 7.42. The second kappa shape index (κ2) is 5.28. The van der Waals surface area contributed by atoms with E-state index in [-0.39, 0.29) is 5.92 Å². The van der Waals surface area contributed by atoms with Crippen molar-refractivity contribution in [3.05, 3.63) is 52.7 Å². The number of nitrogens with zero attached hydrogens (tertiary/aromatic N) is 2. The van der Waals surface area contributed by atoms with Gasteiger partial charge in [-0.05, 0) is 23.6 Å². The average molecular weight is 298 g/mol. The van der Waals surface area contributed by atoms with E-state index in [1.54, 1.807) is 11.3 Å². The summed E-state index contributed by atoms with van der Waals surface area (Å²) in [6.45, 7) is 3.81. The number of hydrogen-bond donors (Lipinski definition) is 0. The molecule has 0 unspecified atom stereocenters. The first kappa shape index (κ1) is 13.0. The SMILES string of the molecule is O=C1[C@@H]2CN(Cc3cccs3)C[C@H]2CN1c1ccccc1. The van der Waals surface area contributed by atoms with Crippen LogP contribution in [0.5, 0.6) is 0 Å². The van der Waals surface area contributed by atoms with E-state index in [0.29, 0.717) is 11.8 Å². The van der Waals surface area contributed by atoms with Gasteiger partial charge in [-0.3, -0.25) is 9.69 Å². The molecule has 2 aliphatic rings. The van der Waals surface area contributed by atoms with Crippen LogP contribution in [0.3, 0.4) is 0 Å². The number of carbonyl (C=O) groups excluding carboxylic acids is 1. The molecule has 0 saturated carbocycles. The maximum atomic E-state index is 12.6. The highest BCUT2D eigenvalue weighted by Crippen LogP contribution is 2.35. The van der Waals surface area contributed by atoms with Gasteiger partial charge in [-0.1, -0.05) is 24.3 Å². The summed E-state index contributed by atoms with van der Waals surface area (Å²) in [5.74, 6) is 0.975. The molecule has 2 fully saturated rings. The monoisotopic (exact) mass is 298 g/mol. The van der Waals surface area contributed by atoms with Crippen molar-refractivity contribution in [2.24, 2.45) is 11.8 Å². The Labute approximate surface area is 128 Å². The van der Waals surface area contributed by atoms with Crippen LogP contribution in [-0.4, -0.2) is 30.4 Å². The van der Waals surface area contributed by atoms with E-state index < -0.39 is 0 Å². The molecule has 2 aliphatic heterocycles. The molecule has 21 heavy (non-hydrogen) atoms. The fourth-order valence-electron chi connectivity index (χ4n) is 3.54. The number of fused-ring (bicyclic) bond motifs is 1. The minimum absolute atomic E-state index is 0.185. The molecule has 2 saturated heterocycles. The van der Waals surface area contributed by atoms with Gasteiger partial charge in [-0.2, -0.15) is 0 Å². The summed E-state index contributed by atoms with van der Waals surface area (Å²) in [5, 5.41) is 2.12. The number of para-hydroxylation sites is 1. The third-order valence-corrected chi connectivity index (χ3v) is 5.41. The van der Waals surface area contributed by atoms with Crippen LogP contribution < -0.4 is 4.90 Å². The first-order chi connectivity index (χ1) is 10.3. The number of benzene rings is 1. The normalized spacial score (nSPS) is 25.5. The summed E-state index contributed by atoms with van der Waals surface area (Å²) < 4.78 is 0. The van der Waals surface area contributed by atoms with Gasteiger partial charge in [0.25, 0.3) is 0 Å². The molecule has 3 nitrogen and oxygen atoms in total. The first-order valence-corrected chi connectivity index (χ1v) is 8.30. The number of rotatable bonds is 3. The van der Waals surface area contributed by atoms with Crippen molar-refractivity contribution in [3.63, 3.8) is 0 Å². The number of carbonyl (C=O) groups is 1. The van der Waals surface area contributed by atoms with Crippen molar-refractivity contribution in [1.82, 2.24) is 4.90 Å². The number of anilines is 1. The van der Waals surface area contributed by atoms with Gasteiger partial charge < -0.3 is 4.90 Å². The van der Waals surface area contributed by atoms with Gasteiger partial charge in [0.05, 0.1) is 5.92 Å². The third kappa shape index (κ3) is 2.39. The van der Waals surface area contributed by atoms with Crippen molar-refractivity contribution in [1.29, 1.82) is 0 Å². The van der Waals surface area contributed by atoms with Gasteiger partial charge in [-0.15, -0.1) is 11.3 Å². The quantitative estimate of drug-likeness (QED) is 0.870. The molecular formula is C17H18N2OS. The van der Waals surface area contributed by atoms with Crippen LogP contribution >= 0.6 is 11.3 Å². The number of thiophene rings is 1. The van der Waals surface area contributed by atoms with Gasteiger partial charge in [-0.25, -0.2) is 0 Å². The van der Waals surface area contributed by atoms with Crippen molar-refractivity contribution in [2.45, 2.75) is 6.54 Å². The average Bonchev–Trinajstić information content (AvgIpc) is 3.20. The van der Waals surface area contributed by atoms with Crippen LogP contribution in [0.15, 0.2) is 47.8 Å². The molecule has 0 aliphatic carbocycles. The standard InChI is InChI=1S/C17H18N2OS/c20-17-16-12-18(11-15-7-4-8-21-15)9-13(16)10-19(17)14-5-2-1-3-6-14/h1-8,13,16H,9-12H2/t13-,16+/m0/s1. The minimum atomic E-state index is 0.185. The predicted molar refractivity (Wildman–Crippen MR) is 85.4 cm³/mol. The van der Waals surface area contributed by atoms with Crippen molar-refractivity contribution in [3.8, 4) is 0 Å². The van der Waals surface area contributed by atoms with Crippen LogP contribution in [0.1, 0.15) is 4.88 Å². The molecule has 108 valence electrons. The van der Waals surface area contributed by atoms with Crippen LogP contribution in [-0.2, 0) is 11.3 Å². The molecule has 1 aromatic carbocycles. The van der Waals surface area contributed by atoms with Gasteiger partial charge >= 0.3 is 0 Å². The molecule has 0 bridgehead atoms. The van der Waals surface area contributed by atoms with Crippen molar-refractivity contribution < 1.29 is 4.79 Å². The van der Waals surface area contributed by atoms with Gasteiger partial charge in [0, 0.05) is 42.7 Å². The minimum Gasteiger partial charge on any atom is -0.312 e. The lowest BCUT2D eigenvalue weighted by Crippen LogP contribution is -2.32. The zero-order valence-electron chi connectivity index (χ0n) is 11.8. The van der Waals surface area contributed by atoms with Gasteiger partial charge in [0.1, 0.15) is 0 Å². The second-order valence-corrected chi connectivity index (χ2v) is 6.96. The highest BCUT2D eigenvalue weighted by Gasteiger charge is 2.46. The van der Waals surface area contributed by atoms with Gasteiger partial charge in [0.15, 0.2) is 0 Å². The molecule has 4 rings (SSSR count). The van der Waals surface area contributed by atoms with Crippen LogP contribution in [0.2, 0.25) is 0 Å². The lowest BCUT2D eigenvalue weighted by Gasteiger charge is -2.21. The van der Waals surface area contributed by atoms with E-state index in [9.17, 15) is 4.79 Å². The molecule has 0 radical (unpaired) electrons. The summed E-state index contributed by atoms with van der Waals surface area (Å²) >= 11 is 1.80. The Morgan fingerprint density at radius 1 is 1.05 bits per heavy atom. The molecule has 1 aromatic heterocycles. The fourth-order valence-corrected chi connectivity index (χ4v) is 4.29. The maximum absolute atomic E-state index is 12.6. The summed E-state index contributed by atoms with van der Waals surface area (Å²) in [7, 11) is 0. The molecule has 0 spiro atoms. The molecule has 2 atom stereocenters. The lowest BCUT2D eigenvalue weighted by atomic mass is 10.0. The summed E-state index contributed by atoms with van der Waals surface area (Å²) in [6, 6.07) is 14.3. The Kier molecular flexibility index (Phi) is 3.28. The number of amides is 1. The number of hydrogen-bond acceptors (Lipinski definition) is 3. The molecule has 4 heteroatoms. The summed E-state index contributed by atoms with van der Waals surface area (Å²) in [6.07, 6.45) is 0. The van der Waals surface area contributed by atoms with Crippen LogP contribution in [0.25, 0.3) is 0 Å². The third-order valence-electron chi connectivity index (χ3n) is 4.54. The largest absolute Gasteiger partial charge is 0.312 e. The summed E-state index contributed by atoms with van der Waals surface area (Å²) in [5.41, 5.74) is 1.04. The zero-order chi connectivity index (χ0) is 14.2. The van der Waals surface area contributed by atoms with Crippen molar-refractivity contribution in [2.75, 3.05) is 24.5 Å². The second-order valence-electron chi connectivity index (χ2n) is 5.92. The van der Waals surface area contributed by atoms with E-state index >= 15 is 0 Å². The Morgan fingerprint density at radius 3 is 2.62 bits per heavy atom. The Bertz CT molecular complexity index is 626. The highest BCUT2D eigenvalue weighted by atomic mass is 32.1. The Balaban J connectivity index is 1.45. The molecular weight excluding hydrogens is 280 g/mol. The molecule has 0 N–H and O–H groups in total. The fraction of sp³-hybridized carbons (Fsp3) is 0.353. The smallest absolute Gasteiger partial charge is 0.231 e. The molecule has 3 heterocycles. The van der Waals surface area contributed by atoms with Gasteiger partial charge in [0.2, 0.25) is 5.91 Å². The van der Waals surface area contributed by atoms with Crippen LogP contribution in [0, 0.1) is 11.8 Å².